The number of rotatable bonds is 4. The van der Waals surface area contributed by atoms with Gasteiger partial charge in [-0.3, -0.25) is 0 Å². The van der Waals surface area contributed by atoms with E-state index in [9.17, 15) is 0 Å². The predicted molar refractivity (Wildman–Crippen MR) is 62.0 cm³/mol. The Morgan fingerprint density at radius 1 is 1.43 bits per heavy atom. The fraction of sp³-hybridized carbons (Fsp3) is 0.300. The van der Waals surface area contributed by atoms with E-state index >= 15 is 0 Å². The predicted octanol–water partition coefficient (Wildman–Crippen LogP) is 2.51. The zero-order valence-corrected chi connectivity index (χ0v) is 9.62. The van der Waals surface area contributed by atoms with Gasteiger partial charge in [0, 0.05) is 23.2 Å². The molecule has 0 aliphatic rings. The van der Waals surface area contributed by atoms with Crippen LogP contribution >= 0.6 is 22.7 Å². The first-order chi connectivity index (χ1) is 6.88. The molecular weight excluding hydrogens is 212 g/mol. The second-order valence-corrected chi connectivity index (χ2v) is 4.99. The van der Waals surface area contributed by atoms with E-state index in [0.29, 0.717) is 0 Å². The van der Waals surface area contributed by atoms with Crippen LogP contribution in [0.5, 0.6) is 0 Å². The van der Waals surface area contributed by atoms with E-state index < -0.39 is 0 Å². The van der Waals surface area contributed by atoms with Crippen molar-refractivity contribution < 1.29 is 0 Å². The zero-order chi connectivity index (χ0) is 9.80. The lowest BCUT2D eigenvalue weighted by molar-refractivity contribution is 0.793. The minimum atomic E-state index is 0.862. The summed E-state index contributed by atoms with van der Waals surface area (Å²) in [6.45, 7) is 0.862. The van der Waals surface area contributed by atoms with Crippen molar-refractivity contribution in [3.63, 3.8) is 0 Å². The Bertz CT molecular complexity index is 378. The first kappa shape index (κ1) is 9.83. The van der Waals surface area contributed by atoms with Crippen LogP contribution < -0.4 is 5.32 Å². The molecule has 0 spiro atoms. The zero-order valence-electron chi connectivity index (χ0n) is 7.99. The summed E-state index contributed by atoms with van der Waals surface area (Å²) >= 11 is 3.53. The topological polar surface area (TPSA) is 24.9 Å². The SMILES string of the molecule is CNCc1csc(Cc2cccs2)n1. The highest BCUT2D eigenvalue weighted by Gasteiger charge is 2.02. The van der Waals surface area contributed by atoms with Gasteiger partial charge in [0.2, 0.25) is 0 Å². The smallest absolute Gasteiger partial charge is 0.0981 e. The molecule has 0 aliphatic heterocycles. The van der Waals surface area contributed by atoms with E-state index in [-0.39, 0.29) is 0 Å². The van der Waals surface area contributed by atoms with Crippen molar-refractivity contribution >= 4 is 22.7 Å². The fourth-order valence-electron chi connectivity index (χ4n) is 1.25. The fourth-order valence-corrected chi connectivity index (χ4v) is 2.87. The number of hydrogen-bond acceptors (Lipinski definition) is 4. The molecule has 74 valence electrons. The third kappa shape index (κ3) is 2.41. The van der Waals surface area contributed by atoms with Gasteiger partial charge in [0.05, 0.1) is 10.7 Å². The van der Waals surface area contributed by atoms with E-state index in [1.54, 1.807) is 22.7 Å². The van der Waals surface area contributed by atoms with E-state index in [1.165, 1.54) is 9.88 Å². The van der Waals surface area contributed by atoms with Crippen LogP contribution in [0.2, 0.25) is 0 Å². The van der Waals surface area contributed by atoms with Crippen molar-refractivity contribution in [2.45, 2.75) is 13.0 Å². The largest absolute Gasteiger partial charge is 0.314 e. The van der Waals surface area contributed by atoms with Crippen molar-refractivity contribution in [3.05, 3.63) is 38.5 Å². The normalized spacial score (nSPS) is 10.6. The molecule has 0 bridgehead atoms. The highest BCUT2D eigenvalue weighted by Crippen LogP contribution is 2.17. The van der Waals surface area contributed by atoms with Crippen molar-refractivity contribution in [2.75, 3.05) is 7.05 Å². The Morgan fingerprint density at radius 3 is 3.07 bits per heavy atom. The Hall–Kier alpha value is -0.710. The molecule has 0 atom stereocenters. The van der Waals surface area contributed by atoms with Gasteiger partial charge < -0.3 is 5.32 Å². The minimum Gasteiger partial charge on any atom is -0.314 e. The number of thiophene rings is 1. The molecule has 1 N–H and O–H groups in total. The molecule has 0 amide bonds. The summed E-state index contributed by atoms with van der Waals surface area (Å²) in [5.74, 6) is 0. The van der Waals surface area contributed by atoms with Gasteiger partial charge in [0.1, 0.15) is 0 Å². The van der Waals surface area contributed by atoms with Gasteiger partial charge in [-0.1, -0.05) is 6.07 Å². The molecule has 2 rings (SSSR count). The Balaban J connectivity index is 2.03. The molecule has 14 heavy (non-hydrogen) atoms. The van der Waals surface area contributed by atoms with Crippen LogP contribution in [0.15, 0.2) is 22.9 Å². The summed E-state index contributed by atoms with van der Waals surface area (Å²) < 4.78 is 0. The van der Waals surface area contributed by atoms with Crippen molar-refractivity contribution in [2.24, 2.45) is 0 Å². The average molecular weight is 224 g/mol. The van der Waals surface area contributed by atoms with Gasteiger partial charge in [-0.05, 0) is 18.5 Å². The standard InChI is InChI=1S/C10H12N2S2/c1-11-6-8-7-14-10(12-8)5-9-3-2-4-13-9/h2-4,7,11H,5-6H2,1H3. The summed E-state index contributed by atoms with van der Waals surface area (Å²) in [7, 11) is 1.94. The van der Waals surface area contributed by atoms with Crippen LogP contribution in [0.4, 0.5) is 0 Å². The van der Waals surface area contributed by atoms with E-state index in [4.69, 9.17) is 0 Å². The lowest BCUT2D eigenvalue weighted by Crippen LogP contribution is -2.05. The Kier molecular flexibility index (Phi) is 3.29. The molecular formula is C10H12N2S2. The lowest BCUT2D eigenvalue weighted by Gasteiger charge is -1.92. The third-order valence-electron chi connectivity index (χ3n) is 1.86. The van der Waals surface area contributed by atoms with Gasteiger partial charge in [0.25, 0.3) is 0 Å². The monoisotopic (exact) mass is 224 g/mol. The lowest BCUT2D eigenvalue weighted by atomic mass is 10.3. The molecule has 0 saturated carbocycles. The molecule has 0 saturated heterocycles. The van der Waals surface area contributed by atoms with Crippen LogP contribution in [0, 0.1) is 0 Å². The quantitative estimate of drug-likeness (QED) is 0.863. The van der Waals surface area contributed by atoms with Crippen molar-refractivity contribution in [3.8, 4) is 0 Å². The summed E-state index contributed by atoms with van der Waals surface area (Å²) in [4.78, 5) is 5.92. The number of thiazole rings is 1. The van der Waals surface area contributed by atoms with E-state index in [0.717, 1.165) is 18.7 Å². The number of nitrogens with one attached hydrogen (secondary N) is 1. The summed E-state index contributed by atoms with van der Waals surface area (Å²) in [5.41, 5.74) is 1.14. The minimum absolute atomic E-state index is 0.862. The highest BCUT2D eigenvalue weighted by molar-refractivity contribution is 7.11. The number of hydrogen-bond donors (Lipinski definition) is 1. The maximum absolute atomic E-state index is 4.54. The molecule has 0 radical (unpaired) electrons. The van der Waals surface area contributed by atoms with Gasteiger partial charge in [0.15, 0.2) is 0 Å². The average Bonchev–Trinajstić information content (AvgIpc) is 2.79. The molecule has 2 aromatic heterocycles. The van der Waals surface area contributed by atoms with Crippen LogP contribution in [-0.4, -0.2) is 12.0 Å². The maximum Gasteiger partial charge on any atom is 0.0981 e. The third-order valence-corrected chi connectivity index (χ3v) is 3.64. The van der Waals surface area contributed by atoms with Gasteiger partial charge in [-0.2, -0.15) is 0 Å². The molecule has 2 nitrogen and oxygen atoms in total. The highest BCUT2D eigenvalue weighted by atomic mass is 32.1. The molecule has 0 aliphatic carbocycles. The molecule has 0 unspecified atom stereocenters. The maximum atomic E-state index is 4.54. The molecule has 4 heteroatoms. The van der Waals surface area contributed by atoms with Crippen LogP contribution in [-0.2, 0) is 13.0 Å². The molecule has 0 aromatic carbocycles. The van der Waals surface area contributed by atoms with Gasteiger partial charge in [-0.15, -0.1) is 22.7 Å². The summed E-state index contributed by atoms with van der Waals surface area (Å²) in [6.07, 6.45) is 0.978. The van der Waals surface area contributed by atoms with Crippen molar-refractivity contribution in [1.29, 1.82) is 0 Å². The van der Waals surface area contributed by atoms with E-state index in [2.05, 4.69) is 33.2 Å². The Morgan fingerprint density at radius 2 is 2.36 bits per heavy atom. The first-order valence-corrected chi connectivity index (χ1v) is 6.24. The molecule has 0 fully saturated rings. The second-order valence-electron chi connectivity index (χ2n) is 3.02. The van der Waals surface area contributed by atoms with Crippen LogP contribution in [0.1, 0.15) is 15.6 Å². The molecule has 2 aromatic rings. The van der Waals surface area contributed by atoms with Gasteiger partial charge >= 0.3 is 0 Å². The summed E-state index contributed by atoms with van der Waals surface area (Å²) in [6, 6.07) is 4.24. The summed E-state index contributed by atoms with van der Waals surface area (Å²) in [5, 5.41) is 8.54. The number of nitrogens with zero attached hydrogens (tertiary/aromatic N) is 1. The first-order valence-electron chi connectivity index (χ1n) is 4.49. The Labute approximate surface area is 91.6 Å². The van der Waals surface area contributed by atoms with Crippen LogP contribution in [0.3, 0.4) is 0 Å². The van der Waals surface area contributed by atoms with E-state index in [1.807, 2.05) is 7.05 Å². The molecule has 2 heterocycles. The van der Waals surface area contributed by atoms with Gasteiger partial charge in [-0.25, -0.2) is 4.98 Å². The van der Waals surface area contributed by atoms with Crippen molar-refractivity contribution in [1.82, 2.24) is 10.3 Å². The van der Waals surface area contributed by atoms with Crippen LogP contribution in [0.25, 0.3) is 0 Å². The second kappa shape index (κ2) is 4.68. The number of aromatic nitrogens is 1.